The third kappa shape index (κ3) is 4.96. The average molecular weight is 441 g/mol. The maximum atomic E-state index is 13.1. The number of phenolic OH excluding ortho intramolecular Hbond substituents is 2. The van der Waals surface area contributed by atoms with E-state index in [2.05, 4.69) is 14.9 Å². The van der Waals surface area contributed by atoms with Crippen LogP contribution in [-0.4, -0.2) is 68.7 Å². The van der Waals surface area contributed by atoms with Crippen LogP contribution in [0.5, 0.6) is 17.5 Å². The van der Waals surface area contributed by atoms with Crippen molar-refractivity contribution in [3.05, 3.63) is 40.7 Å². The Hall–Kier alpha value is -2.87. The number of piperidine rings is 1. The molecular formula is C24H32N4O4. The summed E-state index contributed by atoms with van der Waals surface area (Å²) in [7, 11) is 0. The first-order chi connectivity index (χ1) is 15.4. The summed E-state index contributed by atoms with van der Waals surface area (Å²) >= 11 is 0. The lowest BCUT2D eigenvalue weighted by atomic mass is 9.97. The number of likely N-dealkylation sites (tertiary alicyclic amines) is 1. The van der Waals surface area contributed by atoms with Crippen LogP contribution < -0.4 is 4.74 Å². The first kappa shape index (κ1) is 22.3. The fraction of sp³-hybridized carbons (Fsp3) is 0.542. The van der Waals surface area contributed by atoms with Gasteiger partial charge in [0.05, 0.1) is 11.3 Å². The number of ether oxygens (including phenoxy) is 1. The molecule has 8 nitrogen and oxygen atoms in total. The van der Waals surface area contributed by atoms with Gasteiger partial charge in [-0.1, -0.05) is 20.3 Å². The Morgan fingerprint density at radius 2 is 1.91 bits per heavy atom. The van der Waals surface area contributed by atoms with Crippen molar-refractivity contribution in [2.24, 2.45) is 0 Å². The largest absolute Gasteiger partial charge is 0.508 e. The molecule has 2 N–H and O–H groups in total. The Morgan fingerprint density at radius 1 is 1.12 bits per heavy atom. The minimum atomic E-state index is -0.267. The van der Waals surface area contributed by atoms with Crippen LogP contribution in [0.25, 0.3) is 0 Å². The Bertz CT molecular complexity index is 973. The number of rotatable bonds is 6. The van der Waals surface area contributed by atoms with E-state index in [-0.39, 0.29) is 28.9 Å². The number of benzene rings is 1. The van der Waals surface area contributed by atoms with E-state index in [1.54, 1.807) is 17.2 Å². The third-order valence-corrected chi connectivity index (χ3v) is 6.28. The number of nitrogens with zero attached hydrogens (tertiary/aromatic N) is 4. The highest BCUT2D eigenvalue weighted by Gasteiger charge is 2.26. The van der Waals surface area contributed by atoms with Gasteiger partial charge in [0.2, 0.25) is 0 Å². The summed E-state index contributed by atoms with van der Waals surface area (Å²) in [4.78, 5) is 26.1. The van der Waals surface area contributed by atoms with Crippen LogP contribution >= 0.6 is 0 Å². The maximum Gasteiger partial charge on any atom is 0.316 e. The van der Waals surface area contributed by atoms with Gasteiger partial charge in [0.1, 0.15) is 18.1 Å². The van der Waals surface area contributed by atoms with Crippen molar-refractivity contribution in [3.8, 4) is 17.5 Å². The second kappa shape index (κ2) is 9.73. The molecule has 0 spiro atoms. The molecule has 0 atom stereocenters. The Balaban J connectivity index is 1.39. The summed E-state index contributed by atoms with van der Waals surface area (Å²) < 4.78 is 5.78. The number of hydrogen-bond donors (Lipinski definition) is 2. The van der Waals surface area contributed by atoms with Crippen LogP contribution in [0.3, 0.4) is 0 Å². The number of phenols is 2. The van der Waals surface area contributed by atoms with E-state index in [0.29, 0.717) is 37.7 Å². The van der Waals surface area contributed by atoms with Crippen molar-refractivity contribution in [2.75, 3.05) is 32.8 Å². The highest BCUT2D eigenvalue weighted by molar-refractivity contribution is 5.97. The summed E-state index contributed by atoms with van der Waals surface area (Å²) in [6.45, 7) is 8.45. The Kier molecular flexibility index (Phi) is 6.79. The molecule has 8 heteroatoms. The van der Waals surface area contributed by atoms with Gasteiger partial charge in [-0.15, -0.1) is 0 Å². The number of carbonyl (C=O) groups excluding carboxylic acids is 1. The quantitative estimate of drug-likeness (QED) is 0.712. The number of hydrogen-bond acceptors (Lipinski definition) is 7. The number of aromatic hydroxyl groups is 2. The SMILES string of the molecule is CC(C)c1cc(C(=O)N2CCc3nc(OCCN4CCCCC4)ncc3C2)c(O)cc1O. The Labute approximate surface area is 188 Å². The summed E-state index contributed by atoms with van der Waals surface area (Å²) in [6.07, 6.45) is 6.16. The van der Waals surface area contributed by atoms with E-state index in [1.807, 2.05) is 13.8 Å². The number of aromatic nitrogens is 2. The zero-order chi connectivity index (χ0) is 22.7. The molecule has 1 aromatic heterocycles. The van der Waals surface area contributed by atoms with Gasteiger partial charge < -0.3 is 19.8 Å². The van der Waals surface area contributed by atoms with Gasteiger partial charge in [-0.3, -0.25) is 9.69 Å². The number of amides is 1. The normalized spacial score (nSPS) is 16.8. The predicted molar refractivity (Wildman–Crippen MR) is 120 cm³/mol. The average Bonchev–Trinajstić information content (AvgIpc) is 2.79. The van der Waals surface area contributed by atoms with Crippen molar-refractivity contribution in [1.82, 2.24) is 19.8 Å². The van der Waals surface area contributed by atoms with E-state index in [0.717, 1.165) is 30.9 Å². The van der Waals surface area contributed by atoms with Crippen molar-refractivity contribution in [1.29, 1.82) is 0 Å². The number of fused-ring (bicyclic) bond motifs is 1. The molecule has 1 saturated heterocycles. The second-order valence-corrected chi connectivity index (χ2v) is 8.93. The molecule has 2 aliphatic heterocycles. The molecule has 3 heterocycles. The molecule has 0 radical (unpaired) electrons. The fourth-order valence-corrected chi connectivity index (χ4v) is 4.39. The monoisotopic (exact) mass is 440 g/mol. The van der Waals surface area contributed by atoms with Crippen LogP contribution in [0.4, 0.5) is 0 Å². The molecule has 1 fully saturated rings. The highest BCUT2D eigenvalue weighted by atomic mass is 16.5. The van der Waals surface area contributed by atoms with Crippen LogP contribution in [0.2, 0.25) is 0 Å². The van der Waals surface area contributed by atoms with Crippen LogP contribution in [-0.2, 0) is 13.0 Å². The van der Waals surface area contributed by atoms with Crippen molar-refractivity contribution < 1.29 is 19.7 Å². The van der Waals surface area contributed by atoms with Crippen LogP contribution in [0, 0.1) is 0 Å². The van der Waals surface area contributed by atoms with Gasteiger partial charge in [-0.2, -0.15) is 4.98 Å². The Morgan fingerprint density at radius 3 is 2.66 bits per heavy atom. The van der Waals surface area contributed by atoms with Crippen molar-refractivity contribution >= 4 is 5.91 Å². The van der Waals surface area contributed by atoms with E-state index < -0.39 is 0 Å². The molecule has 172 valence electrons. The third-order valence-electron chi connectivity index (χ3n) is 6.28. The minimum Gasteiger partial charge on any atom is -0.508 e. The molecule has 0 aliphatic carbocycles. The first-order valence-electron chi connectivity index (χ1n) is 11.5. The maximum absolute atomic E-state index is 13.1. The lowest BCUT2D eigenvalue weighted by Gasteiger charge is -2.29. The van der Waals surface area contributed by atoms with E-state index in [4.69, 9.17) is 4.74 Å². The zero-order valence-electron chi connectivity index (χ0n) is 18.9. The lowest BCUT2D eigenvalue weighted by molar-refractivity contribution is 0.0729. The second-order valence-electron chi connectivity index (χ2n) is 8.93. The predicted octanol–water partition coefficient (Wildman–Crippen LogP) is 3.07. The van der Waals surface area contributed by atoms with Gasteiger partial charge in [-0.25, -0.2) is 4.98 Å². The van der Waals surface area contributed by atoms with Crippen LogP contribution in [0.1, 0.15) is 66.2 Å². The van der Waals surface area contributed by atoms with Gasteiger partial charge in [0.25, 0.3) is 5.91 Å². The van der Waals surface area contributed by atoms with E-state index in [9.17, 15) is 15.0 Å². The fourth-order valence-electron chi connectivity index (χ4n) is 4.39. The van der Waals surface area contributed by atoms with Crippen molar-refractivity contribution in [3.63, 3.8) is 0 Å². The molecule has 1 aromatic carbocycles. The molecule has 2 aromatic rings. The minimum absolute atomic E-state index is 0.000689. The summed E-state index contributed by atoms with van der Waals surface area (Å²) in [5.74, 6) is -0.446. The smallest absolute Gasteiger partial charge is 0.316 e. The lowest BCUT2D eigenvalue weighted by Crippen LogP contribution is -2.36. The van der Waals surface area contributed by atoms with Gasteiger partial charge in [0.15, 0.2) is 0 Å². The standard InChI is InChI=1S/C24H32N4O4/c1-16(2)18-12-19(22(30)13-21(18)29)23(31)28-9-6-20-17(15-28)14-25-24(26-20)32-11-10-27-7-4-3-5-8-27/h12-14,16,29-30H,3-11,15H2,1-2H3. The molecular weight excluding hydrogens is 408 g/mol. The molecule has 4 rings (SSSR count). The first-order valence-corrected chi connectivity index (χ1v) is 11.5. The summed E-state index contributed by atoms with van der Waals surface area (Å²) in [5, 5.41) is 20.3. The van der Waals surface area contributed by atoms with E-state index >= 15 is 0 Å². The molecule has 32 heavy (non-hydrogen) atoms. The highest BCUT2D eigenvalue weighted by Crippen LogP contribution is 2.33. The van der Waals surface area contributed by atoms with E-state index in [1.165, 1.54) is 25.3 Å². The molecule has 2 aliphatic rings. The van der Waals surface area contributed by atoms with Crippen molar-refractivity contribution in [2.45, 2.75) is 52.0 Å². The zero-order valence-corrected chi connectivity index (χ0v) is 18.9. The molecule has 0 unspecified atom stereocenters. The number of carbonyl (C=O) groups is 1. The van der Waals surface area contributed by atoms with Gasteiger partial charge in [-0.05, 0) is 43.5 Å². The van der Waals surface area contributed by atoms with Gasteiger partial charge >= 0.3 is 6.01 Å². The summed E-state index contributed by atoms with van der Waals surface area (Å²) in [5.41, 5.74) is 2.62. The molecule has 1 amide bonds. The topological polar surface area (TPSA) is 99.0 Å². The van der Waals surface area contributed by atoms with Crippen LogP contribution in [0.15, 0.2) is 18.3 Å². The van der Waals surface area contributed by atoms with Gasteiger partial charge in [0, 0.05) is 43.9 Å². The summed E-state index contributed by atoms with van der Waals surface area (Å²) in [6, 6.07) is 3.22. The molecule has 0 saturated carbocycles. The molecule has 0 bridgehead atoms.